The fourth-order valence-electron chi connectivity index (χ4n) is 3.70. The van der Waals surface area contributed by atoms with Crippen molar-refractivity contribution in [2.24, 2.45) is 0 Å². The summed E-state index contributed by atoms with van der Waals surface area (Å²) in [6, 6.07) is 0. The van der Waals surface area contributed by atoms with E-state index in [2.05, 4.69) is 19.6 Å². The number of carboxylic acids is 1. The average Bonchev–Trinajstić information content (AvgIpc) is 2.71. The molecule has 2 unspecified atom stereocenters. The van der Waals surface area contributed by atoms with Gasteiger partial charge in [0.15, 0.2) is 0 Å². The van der Waals surface area contributed by atoms with Gasteiger partial charge in [-0.15, -0.1) is 12.6 Å². The third-order valence-electron chi connectivity index (χ3n) is 5.60. The highest BCUT2D eigenvalue weighted by Crippen LogP contribution is 2.29. The number of hydrogen-bond acceptors (Lipinski definition) is 5. The molecular weight excluding hydrogens is 400 g/mol. The maximum atomic E-state index is 11.1. The highest BCUT2D eigenvalue weighted by Gasteiger charge is 2.30. The first-order chi connectivity index (χ1) is 14.4. The van der Waals surface area contributed by atoms with Crippen LogP contribution in [0.2, 0.25) is 0 Å². The molecule has 0 aliphatic carbocycles. The molecule has 0 saturated carbocycles. The van der Waals surface area contributed by atoms with Crippen molar-refractivity contribution < 1.29 is 24.9 Å². The smallest absolute Gasteiger partial charge is 0.307 e. The lowest BCUT2D eigenvalue weighted by Gasteiger charge is -2.28. The zero-order chi connectivity index (χ0) is 22.5. The zero-order valence-electron chi connectivity index (χ0n) is 19.3. The van der Waals surface area contributed by atoms with Gasteiger partial charge in [0, 0.05) is 0 Å². The molecule has 0 amide bonds. The fraction of sp³-hybridized carbons (Fsp3) is 0.958. The quantitative estimate of drug-likeness (QED) is 0.0860. The van der Waals surface area contributed by atoms with Crippen molar-refractivity contribution in [3.63, 3.8) is 0 Å². The Morgan fingerprint density at radius 1 is 0.833 bits per heavy atom. The van der Waals surface area contributed by atoms with Crippen LogP contribution in [0.4, 0.5) is 0 Å². The van der Waals surface area contributed by atoms with Crippen molar-refractivity contribution in [2.45, 2.75) is 134 Å². The Balaban J connectivity index is 3.57. The van der Waals surface area contributed by atoms with Crippen molar-refractivity contribution in [1.29, 1.82) is 0 Å². The van der Waals surface area contributed by atoms with Gasteiger partial charge in [0.25, 0.3) is 0 Å². The Hall–Kier alpha value is -0.300. The topological polar surface area (TPSA) is 87.0 Å². The second-order valence-corrected chi connectivity index (χ2v) is 9.53. The maximum Gasteiger partial charge on any atom is 0.307 e. The van der Waals surface area contributed by atoms with Gasteiger partial charge in [0.1, 0.15) is 11.0 Å². The van der Waals surface area contributed by atoms with Gasteiger partial charge in [-0.2, -0.15) is 0 Å². The first-order valence-corrected chi connectivity index (χ1v) is 12.8. The van der Waals surface area contributed by atoms with Crippen LogP contribution in [-0.2, 0) is 9.53 Å². The minimum absolute atomic E-state index is 0.105. The molecule has 0 heterocycles. The van der Waals surface area contributed by atoms with Crippen LogP contribution in [0.25, 0.3) is 0 Å². The lowest BCUT2D eigenvalue weighted by molar-refractivity contribution is -0.142. The summed E-state index contributed by atoms with van der Waals surface area (Å²) in [4.78, 5) is 9.97. The molecule has 6 heteroatoms. The van der Waals surface area contributed by atoms with Gasteiger partial charge in [-0.1, -0.05) is 103 Å². The number of aliphatic hydroxyl groups is 2. The molecule has 2 atom stereocenters. The number of thiol groups is 1. The van der Waals surface area contributed by atoms with Gasteiger partial charge in [-0.3, -0.25) is 4.79 Å². The Labute approximate surface area is 190 Å². The van der Waals surface area contributed by atoms with E-state index < -0.39 is 23.6 Å². The van der Waals surface area contributed by atoms with Gasteiger partial charge in [-0.05, 0) is 12.8 Å². The Bertz CT molecular complexity index is 394. The molecule has 5 nitrogen and oxygen atoms in total. The Morgan fingerprint density at radius 2 is 1.23 bits per heavy atom. The summed E-state index contributed by atoms with van der Waals surface area (Å²) >= 11 is 4.40. The SMILES string of the molecule is CCCCCCCCCCCCCCCCCCC(S)(CC(=O)O)OCC(O)CO. The molecule has 0 aliphatic heterocycles. The summed E-state index contributed by atoms with van der Waals surface area (Å²) in [5, 5.41) is 27.3. The Kier molecular flexibility index (Phi) is 20.4. The number of aliphatic hydroxyl groups excluding tert-OH is 2. The Morgan fingerprint density at radius 3 is 1.60 bits per heavy atom. The molecule has 0 aliphatic rings. The third kappa shape index (κ3) is 19.7. The molecule has 0 saturated heterocycles. The molecule has 0 aromatic rings. The number of ether oxygens (including phenoxy) is 1. The van der Waals surface area contributed by atoms with E-state index in [4.69, 9.17) is 14.9 Å². The van der Waals surface area contributed by atoms with E-state index in [0.29, 0.717) is 6.42 Å². The van der Waals surface area contributed by atoms with Gasteiger partial charge < -0.3 is 20.1 Å². The summed E-state index contributed by atoms with van der Waals surface area (Å²) in [5.74, 6) is -0.972. The highest BCUT2D eigenvalue weighted by atomic mass is 32.1. The minimum Gasteiger partial charge on any atom is -0.481 e. The number of carbonyl (C=O) groups is 1. The van der Waals surface area contributed by atoms with E-state index in [0.717, 1.165) is 19.3 Å². The van der Waals surface area contributed by atoms with Crippen LogP contribution in [0.5, 0.6) is 0 Å². The highest BCUT2D eigenvalue weighted by molar-refractivity contribution is 7.81. The zero-order valence-corrected chi connectivity index (χ0v) is 20.2. The van der Waals surface area contributed by atoms with Crippen LogP contribution in [0.15, 0.2) is 0 Å². The van der Waals surface area contributed by atoms with Crippen molar-refractivity contribution >= 4 is 18.6 Å². The van der Waals surface area contributed by atoms with E-state index in [1.807, 2.05) is 0 Å². The van der Waals surface area contributed by atoms with Crippen molar-refractivity contribution in [1.82, 2.24) is 0 Å². The van der Waals surface area contributed by atoms with Crippen molar-refractivity contribution in [3.05, 3.63) is 0 Å². The number of carboxylic acid groups (broad SMARTS) is 1. The summed E-state index contributed by atoms with van der Waals surface area (Å²) in [7, 11) is 0. The molecule has 0 rings (SSSR count). The number of rotatable bonds is 23. The predicted molar refractivity (Wildman–Crippen MR) is 127 cm³/mol. The molecule has 0 aromatic carbocycles. The standard InChI is InChI=1S/C24H48O5S/c1-2-3-4-5-6-7-8-9-10-11-12-13-14-15-16-17-18-24(30,19-23(27)28)29-21-22(26)20-25/h22,25-26,30H,2-21H2,1H3,(H,27,28). The van der Waals surface area contributed by atoms with Crippen molar-refractivity contribution in [3.8, 4) is 0 Å². The van der Waals surface area contributed by atoms with Crippen LogP contribution in [0, 0.1) is 0 Å². The molecule has 0 bridgehead atoms. The van der Waals surface area contributed by atoms with Gasteiger partial charge in [0.05, 0.1) is 19.6 Å². The summed E-state index contributed by atoms with van der Waals surface area (Å²) in [6.07, 6.45) is 20.0. The van der Waals surface area contributed by atoms with Crippen LogP contribution in [0.3, 0.4) is 0 Å². The first kappa shape index (κ1) is 29.7. The maximum absolute atomic E-state index is 11.1. The van der Waals surface area contributed by atoms with Crippen molar-refractivity contribution in [2.75, 3.05) is 13.2 Å². The van der Waals surface area contributed by atoms with Crippen LogP contribution < -0.4 is 0 Å². The van der Waals surface area contributed by atoms with Crippen LogP contribution in [-0.4, -0.2) is 45.5 Å². The first-order valence-electron chi connectivity index (χ1n) is 12.3. The molecular formula is C24H48O5S. The molecule has 0 fully saturated rings. The molecule has 180 valence electrons. The van der Waals surface area contributed by atoms with E-state index >= 15 is 0 Å². The van der Waals surface area contributed by atoms with E-state index in [9.17, 15) is 9.90 Å². The van der Waals surface area contributed by atoms with E-state index in [1.165, 1.54) is 83.5 Å². The predicted octanol–water partition coefficient (Wildman–Crippen LogP) is 6.11. The molecule has 3 N–H and O–H groups in total. The molecule has 0 spiro atoms. The van der Waals surface area contributed by atoms with Crippen LogP contribution in [0.1, 0.15) is 122 Å². The molecule has 30 heavy (non-hydrogen) atoms. The fourth-order valence-corrected chi connectivity index (χ4v) is 4.07. The minimum atomic E-state index is -1.09. The normalized spacial score (nSPS) is 14.5. The molecule has 0 aromatic heterocycles. The summed E-state index contributed by atoms with van der Waals surface area (Å²) < 4.78 is 5.49. The summed E-state index contributed by atoms with van der Waals surface area (Å²) in [5.41, 5.74) is 0. The lowest BCUT2D eigenvalue weighted by atomic mass is 10.0. The second kappa shape index (κ2) is 20.6. The summed E-state index contributed by atoms with van der Waals surface area (Å²) in [6.45, 7) is 1.75. The van der Waals surface area contributed by atoms with Gasteiger partial charge >= 0.3 is 5.97 Å². The lowest BCUT2D eigenvalue weighted by Crippen LogP contribution is -2.33. The van der Waals surface area contributed by atoms with Gasteiger partial charge in [0.2, 0.25) is 0 Å². The average molecular weight is 449 g/mol. The second-order valence-electron chi connectivity index (χ2n) is 8.72. The molecule has 0 radical (unpaired) electrons. The monoisotopic (exact) mass is 448 g/mol. The van der Waals surface area contributed by atoms with Crippen LogP contribution >= 0.6 is 12.6 Å². The number of aliphatic carboxylic acids is 1. The number of unbranched alkanes of at least 4 members (excludes halogenated alkanes) is 15. The third-order valence-corrected chi connectivity index (χ3v) is 6.11. The van der Waals surface area contributed by atoms with E-state index in [-0.39, 0.29) is 13.0 Å². The van der Waals surface area contributed by atoms with E-state index in [1.54, 1.807) is 0 Å². The number of hydrogen-bond donors (Lipinski definition) is 4. The van der Waals surface area contributed by atoms with Gasteiger partial charge in [-0.25, -0.2) is 0 Å². The largest absolute Gasteiger partial charge is 0.481 e.